The van der Waals surface area contributed by atoms with E-state index in [0.29, 0.717) is 0 Å². The number of hydrogen-bond acceptors (Lipinski definition) is 4. The second-order valence-electron chi connectivity index (χ2n) is 3.99. The van der Waals surface area contributed by atoms with E-state index >= 15 is 0 Å². The quantitative estimate of drug-likeness (QED) is 0.762. The molecule has 0 N–H and O–H groups in total. The first-order valence-corrected chi connectivity index (χ1v) is 6.54. The molecule has 2 rings (SSSR count). The van der Waals surface area contributed by atoms with E-state index < -0.39 is 0 Å². The van der Waals surface area contributed by atoms with Gasteiger partial charge >= 0.3 is 0 Å². The summed E-state index contributed by atoms with van der Waals surface area (Å²) in [6.45, 7) is 4.96. The van der Waals surface area contributed by atoms with Crippen LogP contribution in [-0.2, 0) is 4.79 Å². The third kappa shape index (κ3) is 2.94. The molecule has 1 aromatic heterocycles. The maximum absolute atomic E-state index is 11.8. The summed E-state index contributed by atoms with van der Waals surface area (Å²) in [6, 6.07) is 0. The summed E-state index contributed by atoms with van der Waals surface area (Å²) >= 11 is 3.31. The van der Waals surface area contributed by atoms with Gasteiger partial charge in [-0.15, -0.1) is 0 Å². The van der Waals surface area contributed by atoms with Crippen molar-refractivity contribution in [2.24, 2.45) is 0 Å². The van der Waals surface area contributed by atoms with Gasteiger partial charge in [0.25, 0.3) is 0 Å². The average Bonchev–Trinajstić information content (AvgIpc) is 2.39. The Labute approximate surface area is 109 Å². The van der Waals surface area contributed by atoms with Gasteiger partial charge in [-0.1, -0.05) is 15.9 Å². The number of alkyl halides is 1. The smallest absolute Gasteiger partial charge is 0.236 e. The highest BCUT2D eigenvalue weighted by Gasteiger charge is 2.23. The summed E-state index contributed by atoms with van der Waals surface area (Å²) in [5, 5.41) is 0. The Hall–Kier alpha value is -1.17. The zero-order valence-corrected chi connectivity index (χ0v) is 11.3. The lowest BCUT2D eigenvalue weighted by molar-refractivity contribution is -0.130. The summed E-state index contributed by atoms with van der Waals surface area (Å²) in [5.74, 6) is 1.04. The molecule has 92 valence electrons. The number of nitrogens with zero attached hydrogens (tertiary/aromatic N) is 4. The van der Waals surface area contributed by atoms with Crippen molar-refractivity contribution in [2.45, 2.75) is 11.8 Å². The number of aromatic nitrogens is 2. The highest BCUT2D eigenvalue weighted by molar-refractivity contribution is 9.10. The maximum Gasteiger partial charge on any atom is 0.236 e. The van der Waals surface area contributed by atoms with Gasteiger partial charge in [0.05, 0.1) is 11.0 Å². The Balaban J connectivity index is 1.93. The second kappa shape index (κ2) is 5.44. The van der Waals surface area contributed by atoms with Gasteiger partial charge in [-0.05, 0) is 6.92 Å². The van der Waals surface area contributed by atoms with Gasteiger partial charge < -0.3 is 9.80 Å². The van der Waals surface area contributed by atoms with Crippen LogP contribution in [0.15, 0.2) is 18.6 Å². The topological polar surface area (TPSA) is 49.3 Å². The minimum absolute atomic E-state index is 0.106. The van der Waals surface area contributed by atoms with Gasteiger partial charge in [-0.3, -0.25) is 9.78 Å². The predicted molar refractivity (Wildman–Crippen MR) is 69.2 cm³/mol. The molecule has 1 unspecified atom stereocenters. The highest BCUT2D eigenvalue weighted by atomic mass is 79.9. The van der Waals surface area contributed by atoms with Crippen molar-refractivity contribution in [3.8, 4) is 0 Å². The summed E-state index contributed by atoms with van der Waals surface area (Å²) in [4.78, 5) is 24.0. The van der Waals surface area contributed by atoms with Crippen LogP contribution in [-0.4, -0.2) is 51.8 Å². The van der Waals surface area contributed by atoms with Crippen LogP contribution in [0.5, 0.6) is 0 Å². The van der Waals surface area contributed by atoms with Crippen molar-refractivity contribution >= 4 is 27.7 Å². The number of hydrogen-bond donors (Lipinski definition) is 0. The minimum atomic E-state index is -0.106. The van der Waals surface area contributed by atoms with Crippen LogP contribution in [0.4, 0.5) is 5.82 Å². The van der Waals surface area contributed by atoms with Gasteiger partial charge in [0.1, 0.15) is 5.82 Å². The van der Waals surface area contributed by atoms with Crippen molar-refractivity contribution in [1.29, 1.82) is 0 Å². The van der Waals surface area contributed by atoms with E-state index in [9.17, 15) is 4.79 Å². The third-order valence-corrected chi connectivity index (χ3v) is 3.20. The number of piperazine rings is 1. The van der Waals surface area contributed by atoms with E-state index in [4.69, 9.17) is 0 Å². The molecule has 2 heterocycles. The number of rotatable bonds is 2. The van der Waals surface area contributed by atoms with Crippen LogP contribution in [0.3, 0.4) is 0 Å². The molecular formula is C11H15BrN4O. The summed E-state index contributed by atoms with van der Waals surface area (Å²) < 4.78 is 0. The van der Waals surface area contributed by atoms with Crippen molar-refractivity contribution < 1.29 is 4.79 Å². The molecule has 0 bridgehead atoms. The molecule has 1 fully saturated rings. The molecule has 1 aromatic rings. The van der Waals surface area contributed by atoms with Gasteiger partial charge in [-0.2, -0.15) is 0 Å². The lowest BCUT2D eigenvalue weighted by Crippen LogP contribution is -2.50. The molecular weight excluding hydrogens is 284 g/mol. The summed E-state index contributed by atoms with van der Waals surface area (Å²) in [7, 11) is 0. The zero-order chi connectivity index (χ0) is 12.3. The van der Waals surface area contributed by atoms with Crippen molar-refractivity contribution in [1.82, 2.24) is 14.9 Å². The number of carbonyl (C=O) groups is 1. The van der Waals surface area contributed by atoms with E-state index in [1.165, 1.54) is 0 Å². The molecule has 1 aliphatic rings. The first-order chi connectivity index (χ1) is 8.18. The van der Waals surface area contributed by atoms with E-state index in [0.717, 1.165) is 32.0 Å². The van der Waals surface area contributed by atoms with Crippen LogP contribution in [0, 0.1) is 0 Å². The first kappa shape index (κ1) is 12.3. The van der Waals surface area contributed by atoms with E-state index in [2.05, 4.69) is 30.8 Å². The fraction of sp³-hybridized carbons (Fsp3) is 0.545. The molecule has 17 heavy (non-hydrogen) atoms. The Kier molecular flexibility index (Phi) is 3.93. The molecule has 5 nitrogen and oxygen atoms in total. The van der Waals surface area contributed by atoms with E-state index in [-0.39, 0.29) is 10.7 Å². The number of carbonyl (C=O) groups excluding carboxylic acids is 1. The maximum atomic E-state index is 11.8. The third-order valence-electron chi connectivity index (χ3n) is 2.81. The Bertz CT molecular complexity index is 376. The SMILES string of the molecule is CC(Br)C(=O)N1CCN(c2cnccn2)CC1. The fourth-order valence-electron chi connectivity index (χ4n) is 1.86. The zero-order valence-electron chi connectivity index (χ0n) is 9.71. The van der Waals surface area contributed by atoms with Crippen molar-refractivity contribution in [3.05, 3.63) is 18.6 Å². The van der Waals surface area contributed by atoms with Gasteiger partial charge in [0.2, 0.25) is 5.91 Å². The molecule has 0 aliphatic carbocycles. The fourth-order valence-corrected chi connectivity index (χ4v) is 2.15. The normalized spacial score (nSPS) is 18.0. The lowest BCUT2D eigenvalue weighted by atomic mass is 10.3. The van der Waals surface area contributed by atoms with Gasteiger partial charge in [0.15, 0.2) is 0 Å². The van der Waals surface area contributed by atoms with Crippen molar-refractivity contribution in [2.75, 3.05) is 31.1 Å². The number of amides is 1. The molecule has 0 saturated carbocycles. The summed E-state index contributed by atoms with van der Waals surface area (Å²) in [6.07, 6.45) is 5.10. The molecule has 1 saturated heterocycles. The number of anilines is 1. The monoisotopic (exact) mass is 298 g/mol. The first-order valence-electron chi connectivity index (χ1n) is 5.62. The largest absolute Gasteiger partial charge is 0.352 e. The molecule has 1 atom stereocenters. The minimum Gasteiger partial charge on any atom is -0.352 e. The number of halogens is 1. The van der Waals surface area contributed by atoms with Gasteiger partial charge in [0, 0.05) is 38.6 Å². The van der Waals surface area contributed by atoms with Crippen molar-refractivity contribution in [3.63, 3.8) is 0 Å². The van der Waals surface area contributed by atoms with Gasteiger partial charge in [-0.25, -0.2) is 4.98 Å². The predicted octanol–water partition coefficient (Wildman–Crippen LogP) is 0.909. The average molecular weight is 299 g/mol. The molecule has 1 amide bonds. The molecule has 0 radical (unpaired) electrons. The van der Waals surface area contributed by atoms with Crippen LogP contribution < -0.4 is 4.90 Å². The molecule has 6 heteroatoms. The van der Waals surface area contributed by atoms with E-state index in [1.807, 2.05) is 11.8 Å². The standard InChI is InChI=1S/C11H15BrN4O/c1-9(12)11(17)16-6-4-15(5-7-16)10-8-13-2-3-14-10/h2-3,8-9H,4-7H2,1H3. The van der Waals surface area contributed by atoms with Crippen LogP contribution in [0.1, 0.15) is 6.92 Å². The Morgan fingerprint density at radius 3 is 2.59 bits per heavy atom. The molecule has 1 aliphatic heterocycles. The Morgan fingerprint density at radius 1 is 1.35 bits per heavy atom. The van der Waals surface area contributed by atoms with Crippen LogP contribution in [0.25, 0.3) is 0 Å². The van der Waals surface area contributed by atoms with Crippen LogP contribution >= 0.6 is 15.9 Å². The second-order valence-corrected chi connectivity index (χ2v) is 5.37. The van der Waals surface area contributed by atoms with Crippen LogP contribution in [0.2, 0.25) is 0 Å². The van der Waals surface area contributed by atoms with E-state index in [1.54, 1.807) is 18.6 Å². The lowest BCUT2D eigenvalue weighted by Gasteiger charge is -2.35. The molecule has 0 aromatic carbocycles. The Morgan fingerprint density at radius 2 is 2.06 bits per heavy atom. The molecule has 0 spiro atoms. The summed E-state index contributed by atoms with van der Waals surface area (Å²) in [5.41, 5.74) is 0. The highest BCUT2D eigenvalue weighted by Crippen LogP contribution is 2.13.